The summed E-state index contributed by atoms with van der Waals surface area (Å²) in [5, 5.41) is 0. The lowest BCUT2D eigenvalue weighted by atomic mass is 9.97. The van der Waals surface area contributed by atoms with Gasteiger partial charge in [-0.25, -0.2) is 4.98 Å². The molecule has 3 nitrogen and oxygen atoms in total. The van der Waals surface area contributed by atoms with E-state index >= 15 is 0 Å². The molecule has 0 aliphatic heterocycles. The number of nitrogens with zero attached hydrogens (tertiary/aromatic N) is 2. The molecule has 1 heterocycles. The summed E-state index contributed by atoms with van der Waals surface area (Å²) in [6.45, 7) is 11.7. The molecule has 0 unspecified atom stereocenters. The Bertz CT molecular complexity index is 615. The van der Waals surface area contributed by atoms with Crippen LogP contribution in [0.4, 0.5) is 5.82 Å². The van der Waals surface area contributed by atoms with Crippen molar-refractivity contribution in [3.63, 3.8) is 0 Å². The summed E-state index contributed by atoms with van der Waals surface area (Å²) >= 11 is 0. The van der Waals surface area contributed by atoms with Gasteiger partial charge in [-0.1, -0.05) is 38.0 Å². The summed E-state index contributed by atoms with van der Waals surface area (Å²) in [7, 11) is 0. The predicted octanol–water partition coefficient (Wildman–Crippen LogP) is 4.42. The van der Waals surface area contributed by atoms with Crippen molar-refractivity contribution in [2.45, 2.75) is 60.4 Å². The molecule has 2 N–H and O–H groups in total. The van der Waals surface area contributed by atoms with Crippen LogP contribution in [0.15, 0.2) is 12.1 Å². The molecule has 0 aliphatic rings. The molecule has 2 rings (SSSR count). The molecule has 0 bridgehead atoms. The van der Waals surface area contributed by atoms with E-state index in [4.69, 9.17) is 10.7 Å². The zero-order valence-electron chi connectivity index (χ0n) is 14.0. The van der Waals surface area contributed by atoms with E-state index in [1.807, 2.05) is 0 Å². The monoisotopic (exact) mass is 285 g/mol. The molecule has 0 atom stereocenters. The van der Waals surface area contributed by atoms with Crippen molar-refractivity contribution in [1.29, 1.82) is 0 Å². The average molecular weight is 285 g/mol. The highest BCUT2D eigenvalue weighted by Crippen LogP contribution is 2.33. The maximum absolute atomic E-state index is 6.43. The normalized spacial score (nSPS) is 11.1. The van der Waals surface area contributed by atoms with Gasteiger partial charge in [0.1, 0.15) is 17.3 Å². The second kappa shape index (κ2) is 6.33. The second-order valence-electron chi connectivity index (χ2n) is 5.89. The van der Waals surface area contributed by atoms with Gasteiger partial charge in [0.2, 0.25) is 0 Å². The number of nitrogen functional groups attached to an aromatic ring is 1. The minimum atomic E-state index is 0.815. The first-order valence-corrected chi connectivity index (χ1v) is 7.92. The van der Waals surface area contributed by atoms with Gasteiger partial charge in [0, 0.05) is 18.5 Å². The van der Waals surface area contributed by atoms with Crippen LogP contribution in [0.2, 0.25) is 0 Å². The standard InChI is InChI=1S/C18H27N3/c1-6-8-9-21-15(7-2)20-17(18(21)19)16-13(4)10-12(3)11-14(16)5/h10-11H,6-9,19H2,1-5H3. The van der Waals surface area contributed by atoms with E-state index in [9.17, 15) is 0 Å². The van der Waals surface area contributed by atoms with Crippen molar-refractivity contribution in [2.24, 2.45) is 0 Å². The number of imidazole rings is 1. The van der Waals surface area contributed by atoms with Crippen LogP contribution in [0, 0.1) is 20.8 Å². The third kappa shape index (κ3) is 2.97. The maximum Gasteiger partial charge on any atom is 0.131 e. The number of aromatic nitrogens is 2. The molecule has 1 aromatic carbocycles. The van der Waals surface area contributed by atoms with Crippen LogP contribution in [-0.2, 0) is 13.0 Å². The lowest BCUT2D eigenvalue weighted by Gasteiger charge is -2.11. The van der Waals surface area contributed by atoms with E-state index in [-0.39, 0.29) is 0 Å². The molecule has 21 heavy (non-hydrogen) atoms. The predicted molar refractivity (Wildman–Crippen MR) is 90.6 cm³/mol. The van der Waals surface area contributed by atoms with E-state index in [1.54, 1.807) is 0 Å². The van der Waals surface area contributed by atoms with Gasteiger partial charge in [-0.3, -0.25) is 0 Å². The van der Waals surface area contributed by atoms with Crippen LogP contribution in [-0.4, -0.2) is 9.55 Å². The Morgan fingerprint density at radius 1 is 1.10 bits per heavy atom. The Kier molecular flexibility index (Phi) is 4.71. The van der Waals surface area contributed by atoms with Crippen LogP contribution in [0.1, 0.15) is 49.2 Å². The molecule has 0 fully saturated rings. The van der Waals surface area contributed by atoms with Crippen molar-refractivity contribution < 1.29 is 0 Å². The molecule has 0 aliphatic carbocycles. The highest BCUT2D eigenvalue weighted by atomic mass is 15.1. The van der Waals surface area contributed by atoms with Gasteiger partial charge in [-0.15, -0.1) is 0 Å². The first-order valence-electron chi connectivity index (χ1n) is 7.92. The number of unbranched alkanes of at least 4 members (excludes halogenated alkanes) is 1. The lowest BCUT2D eigenvalue weighted by Crippen LogP contribution is -2.07. The Balaban J connectivity index is 2.57. The number of nitrogens with two attached hydrogens (primary N) is 1. The summed E-state index contributed by atoms with van der Waals surface area (Å²) < 4.78 is 2.19. The molecule has 0 spiro atoms. The molecule has 0 radical (unpaired) electrons. The fourth-order valence-electron chi connectivity index (χ4n) is 3.09. The van der Waals surface area contributed by atoms with Crippen LogP contribution in [0.3, 0.4) is 0 Å². The Labute approximate surface area is 128 Å². The quantitative estimate of drug-likeness (QED) is 0.883. The van der Waals surface area contributed by atoms with Gasteiger partial charge >= 0.3 is 0 Å². The van der Waals surface area contributed by atoms with Crippen molar-refractivity contribution in [3.05, 3.63) is 34.6 Å². The molecule has 0 amide bonds. The van der Waals surface area contributed by atoms with Gasteiger partial charge in [0.25, 0.3) is 0 Å². The number of rotatable bonds is 5. The van der Waals surface area contributed by atoms with E-state index in [0.29, 0.717) is 0 Å². The maximum atomic E-state index is 6.43. The first-order chi connectivity index (χ1) is 9.99. The van der Waals surface area contributed by atoms with E-state index in [0.717, 1.165) is 36.7 Å². The third-order valence-electron chi connectivity index (χ3n) is 4.05. The van der Waals surface area contributed by atoms with Gasteiger partial charge in [0.05, 0.1) is 0 Å². The van der Waals surface area contributed by atoms with Crippen molar-refractivity contribution >= 4 is 5.82 Å². The van der Waals surface area contributed by atoms with Crippen molar-refractivity contribution in [1.82, 2.24) is 9.55 Å². The summed E-state index contributed by atoms with van der Waals surface area (Å²) in [6.07, 6.45) is 3.22. The summed E-state index contributed by atoms with van der Waals surface area (Å²) in [5.41, 5.74) is 12.4. The van der Waals surface area contributed by atoms with E-state index in [2.05, 4.69) is 51.3 Å². The SMILES string of the molecule is CCCCn1c(CC)nc(-c2c(C)cc(C)cc2C)c1N. The summed E-state index contributed by atoms with van der Waals surface area (Å²) in [4.78, 5) is 4.84. The number of benzene rings is 1. The topological polar surface area (TPSA) is 43.8 Å². The Hall–Kier alpha value is -1.77. The fraction of sp³-hybridized carbons (Fsp3) is 0.500. The lowest BCUT2D eigenvalue weighted by molar-refractivity contribution is 0.612. The zero-order chi connectivity index (χ0) is 15.6. The van der Waals surface area contributed by atoms with Crippen LogP contribution in [0.25, 0.3) is 11.3 Å². The van der Waals surface area contributed by atoms with Gasteiger partial charge in [-0.05, 0) is 38.3 Å². The average Bonchev–Trinajstić information content (AvgIpc) is 2.72. The molecule has 0 saturated carbocycles. The molecule has 3 heteroatoms. The van der Waals surface area contributed by atoms with E-state index < -0.39 is 0 Å². The number of anilines is 1. The highest BCUT2D eigenvalue weighted by molar-refractivity contribution is 5.76. The fourth-order valence-corrected chi connectivity index (χ4v) is 3.09. The summed E-state index contributed by atoms with van der Waals surface area (Å²) in [6, 6.07) is 4.41. The Morgan fingerprint density at radius 3 is 2.24 bits per heavy atom. The Morgan fingerprint density at radius 2 is 1.71 bits per heavy atom. The van der Waals surface area contributed by atoms with Crippen molar-refractivity contribution in [2.75, 3.05) is 5.73 Å². The second-order valence-corrected chi connectivity index (χ2v) is 5.89. The number of aryl methyl sites for hydroxylation is 4. The smallest absolute Gasteiger partial charge is 0.131 e. The van der Waals surface area contributed by atoms with Crippen LogP contribution < -0.4 is 5.73 Å². The van der Waals surface area contributed by atoms with Gasteiger partial charge < -0.3 is 10.3 Å². The van der Waals surface area contributed by atoms with Crippen LogP contribution in [0.5, 0.6) is 0 Å². The third-order valence-corrected chi connectivity index (χ3v) is 4.05. The van der Waals surface area contributed by atoms with Crippen LogP contribution >= 0.6 is 0 Å². The molecular formula is C18H27N3. The van der Waals surface area contributed by atoms with Crippen molar-refractivity contribution in [3.8, 4) is 11.3 Å². The van der Waals surface area contributed by atoms with Gasteiger partial charge in [0.15, 0.2) is 0 Å². The largest absolute Gasteiger partial charge is 0.383 e. The molecule has 0 saturated heterocycles. The van der Waals surface area contributed by atoms with Gasteiger partial charge in [-0.2, -0.15) is 0 Å². The molecule has 114 valence electrons. The number of hydrogen-bond acceptors (Lipinski definition) is 2. The summed E-state index contributed by atoms with van der Waals surface area (Å²) in [5.74, 6) is 1.91. The number of hydrogen-bond donors (Lipinski definition) is 1. The molecular weight excluding hydrogens is 258 g/mol. The minimum absolute atomic E-state index is 0.815. The minimum Gasteiger partial charge on any atom is -0.383 e. The van der Waals surface area contributed by atoms with E-state index in [1.165, 1.54) is 28.7 Å². The first kappa shape index (κ1) is 15.6. The molecule has 2 aromatic rings. The zero-order valence-corrected chi connectivity index (χ0v) is 14.0. The highest BCUT2D eigenvalue weighted by Gasteiger charge is 2.18. The molecule has 1 aromatic heterocycles.